The maximum absolute atomic E-state index is 12.8. The van der Waals surface area contributed by atoms with Gasteiger partial charge in [0.25, 0.3) is 5.56 Å². The normalized spacial score (nSPS) is 11.6. The molecule has 0 saturated carbocycles. The van der Waals surface area contributed by atoms with E-state index in [-0.39, 0.29) is 5.56 Å². The van der Waals surface area contributed by atoms with Gasteiger partial charge >= 0.3 is 5.97 Å². The van der Waals surface area contributed by atoms with E-state index in [9.17, 15) is 9.59 Å². The van der Waals surface area contributed by atoms with Gasteiger partial charge in [0.1, 0.15) is 5.75 Å². The number of fused-ring (bicyclic) bond motifs is 1. The van der Waals surface area contributed by atoms with Crippen LogP contribution in [0.2, 0.25) is 0 Å². The molecule has 2 aromatic heterocycles. The number of benzene rings is 2. The summed E-state index contributed by atoms with van der Waals surface area (Å²) < 4.78 is 17.5. The Bertz CT molecular complexity index is 1360. The molecular weight excluding hydrogens is 406 g/mol. The van der Waals surface area contributed by atoms with Crippen LogP contribution in [0.1, 0.15) is 12.5 Å². The topological polar surface area (TPSA) is 92.0 Å². The third-order valence-corrected chi connectivity index (χ3v) is 5.23. The molecule has 9 heteroatoms. The van der Waals surface area contributed by atoms with Crippen LogP contribution in [0.3, 0.4) is 0 Å². The summed E-state index contributed by atoms with van der Waals surface area (Å²) in [4.78, 5) is 29.0. The van der Waals surface area contributed by atoms with E-state index in [1.54, 1.807) is 56.7 Å². The Morgan fingerprint density at radius 2 is 1.83 bits per heavy atom. The second kappa shape index (κ2) is 7.96. The van der Waals surface area contributed by atoms with Crippen molar-refractivity contribution in [1.82, 2.24) is 14.6 Å². The summed E-state index contributed by atoms with van der Waals surface area (Å²) in [6.45, 7) is 1.32. The predicted molar refractivity (Wildman–Crippen MR) is 112 cm³/mol. The minimum absolute atomic E-state index is 0.284. The summed E-state index contributed by atoms with van der Waals surface area (Å²) in [6.07, 6.45) is 1.75. The van der Waals surface area contributed by atoms with Gasteiger partial charge in [0, 0.05) is 6.92 Å². The Balaban J connectivity index is 1.77. The molecule has 2 heterocycles. The lowest BCUT2D eigenvalue weighted by atomic mass is 10.2. The summed E-state index contributed by atoms with van der Waals surface area (Å²) in [5.41, 5.74) is 1.04. The number of hydrogen-bond acceptors (Lipinski definition) is 8. The van der Waals surface area contributed by atoms with Crippen LogP contribution < -0.4 is 24.3 Å². The predicted octanol–water partition coefficient (Wildman–Crippen LogP) is 2.31. The maximum Gasteiger partial charge on any atom is 0.308 e. The lowest BCUT2D eigenvalue weighted by Crippen LogP contribution is -2.23. The number of carbonyl (C=O) groups excluding carboxylic acids is 1. The van der Waals surface area contributed by atoms with Crippen molar-refractivity contribution in [2.45, 2.75) is 6.92 Å². The van der Waals surface area contributed by atoms with Crippen molar-refractivity contribution in [2.75, 3.05) is 14.2 Å². The molecule has 0 aliphatic rings. The van der Waals surface area contributed by atoms with Gasteiger partial charge in [-0.15, -0.1) is 5.10 Å². The summed E-state index contributed by atoms with van der Waals surface area (Å²) in [5.74, 6) is 1.39. The average Bonchev–Trinajstić information content (AvgIpc) is 3.27. The zero-order valence-corrected chi connectivity index (χ0v) is 17.2. The van der Waals surface area contributed by atoms with Gasteiger partial charge in [-0.05, 0) is 35.9 Å². The van der Waals surface area contributed by atoms with Crippen molar-refractivity contribution in [2.24, 2.45) is 0 Å². The number of carbonyl (C=O) groups is 1. The Kier molecular flexibility index (Phi) is 5.20. The van der Waals surface area contributed by atoms with Gasteiger partial charge in [-0.2, -0.15) is 9.50 Å². The molecule has 0 N–H and O–H groups in total. The third-order valence-electron chi connectivity index (χ3n) is 4.27. The maximum atomic E-state index is 12.8. The van der Waals surface area contributed by atoms with Crippen LogP contribution in [0.15, 0.2) is 47.3 Å². The molecule has 0 spiro atoms. The molecule has 0 aliphatic carbocycles. The second-order valence-corrected chi connectivity index (χ2v) is 7.26. The number of aromatic nitrogens is 3. The lowest BCUT2D eigenvalue weighted by Gasteiger charge is -2.07. The summed E-state index contributed by atoms with van der Waals surface area (Å²) >= 11 is 1.22. The molecule has 0 fully saturated rings. The van der Waals surface area contributed by atoms with Crippen LogP contribution in [0.25, 0.3) is 22.4 Å². The Hall–Kier alpha value is -3.72. The van der Waals surface area contributed by atoms with Crippen LogP contribution in [0.4, 0.5) is 0 Å². The molecule has 0 amide bonds. The monoisotopic (exact) mass is 423 g/mol. The number of hydrogen-bond donors (Lipinski definition) is 0. The minimum Gasteiger partial charge on any atom is -0.493 e. The fourth-order valence-corrected chi connectivity index (χ4v) is 3.84. The SMILES string of the molecule is COc1ccc(/C=c2/sc3nc(-c4ccccc4OC(C)=O)nn3c2=O)cc1OC. The van der Waals surface area contributed by atoms with Crippen LogP contribution in [-0.2, 0) is 4.79 Å². The van der Waals surface area contributed by atoms with Crippen molar-refractivity contribution < 1.29 is 19.0 Å². The van der Waals surface area contributed by atoms with E-state index in [1.807, 2.05) is 6.07 Å². The molecule has 0 bridgehead atoms. The number of methoxy groups -OCH3 is 2. The number of ether oxygens (including phenoxy) is 3. The summed E-state index contributed by atoms with van der Waals surface area (Å²) in [7, 11) is 3.12. The van der Waals surface area contributed by atoms with Crippen molar-refractivity contribution in [1.29, 1.82) is 0 Å². The number of nitrogens with zero attached hydrogens (tertiary/aromatic N) is 3. The molecule has 0 atom stereocenters. The minimum atomic E-state index is -0.445. The van der Waals surface area contributed by atoms with E-state index in [2.05, 4.69) is 10.1 Å². The summed E-state index contributed by atoms with van der Waals surface area (Å²) in [6, 6.07) is 12.3. The first kappa shape index (κ1) is 19.6. The van der Waals surface area contributed by atoms with Crippen molar-refractivity contribution in [3.8, 4) is 28.6 Å². The fourth-order valence-electron chi connectivity index (χ4n) is 2.94. The van der Waals surface area contributed by atoms with E-state index >= 15 is 0 Å². The zero-order chi connectivity index (χ0) is 21.3. The molecule has 152 valence electrons. The van der Waals surface area contributed by atoms with Crippen LogP contribution in [0.5, 0.6) is 17.2 Å². The number of esters is 1. The first-order valence-electron chi connectivity index (χ1n) is 8.91. The number of thiazole rings is 1. The number of para-hydroxylation sites is 1. The van der Waals surface area contributed by atoms with E-state index in [4.69, 9.17) is 14.2 Å². The number of rotatable bonds is 5. The van der Waals surface area contributed by atoms with Crippen molar-refractivity contribution in [3.05, 3.63) is 62.9 Å². The van der Waals surface area contributed by atoms with Gasteiger partial charge in [0.2, 0.25) is 4.96 Å². The molecule has 30 heavy (non-hydrogen) atoms. The molecular formula is C21H17N3O5S. The van der Waals surface area contributed by atoms with Gasteiger partial charge in [0.05, 0.1) is 24.3 Å². The highest BCUT2D eigenvalue weighted by atomic mass is 32.1. The van der Waals surface area contributed by atoms with Gasteiger partial charge in [-0.3, -0.25) is 9.59 Å². The van der Waals surface area contributed by atoms with Crippen LogP contribution >= 0.6 is 11.3 Å². The van der Waals surface area contributed by atoms with E-state index in [0.717, 1.165) is 5.56 Å². The first-order chi connectivity index (χ1) is 14.5. The van der Waals surface area contributed by atoms with Gasteiger partial charge < -0.3 is 14.2 Å². The van der Waals surface area contributed by atoms with Gasteiger partial charge in [0.15, 0.2) is 17.3 Å². The van der Waals surface area contributed by atoms with Crippen molar-refractivity contribution in [3.63, 3.8) is 0 Å². The van der Waals surface area contributed by atoms with Gasteiger partial charge in [-0.25, -0.2) is 0 Å². The van der Waals surface area contributed by atoms with E-state index in [1.165, 1.54) is 22.8 Å². The fraction of sp³-hybridized carbons (Fsp3) is 0.143. The zero-order valence-electron chi connectivity index (χ0n) is 16.4. The van der Waals surface area contributed by atoms with Crippen LogP contribution in [0, 0.1) is 0 Å². The second-order valence-electron chi connectivity index (χ2n) is 6.25. The molecule has 0 aliphatic heterocycles. The molecule has 2 aromatic carbocycles. The molecule has 8 nitrogen and oxygen atoms in total. The Morgan fingerprint density at radius 1 is 1.07 bits per heavy atom. The highest BCUT2D eigenvalue weighted by Crippen LogP contribution is 2.29. The van der Waals surface area contributed by atoms with E-state index in [0.29, 0.717) is 38.1 Å². The molecule has 4 rings (SSSR count). The van der Waals surface area contributed by atoms with Crippen LogP contribution in [-0.4, -0.2) is 34.8 Å². The Morgan fingerprint density at radius 3 is 2.53 bits per heavy atom. The van der Waals surface area contributed by atoms with E-state index < -0.39 is 5.97 Å². The lowest BCUT2D eigenvalue weighted by molar-refractivity contribution is -0.131. The Labute approximate surface area is 175 Å². The molecule has 0 saturated heterocycles. The highest BCUT2D eigenvalue weighted by Gasteiger charge is 2.16. The molecule has 0 unspecified atom stereocenters. The largest absolute Gasteiger partial charge is 0.493 e. The first-order valence-corrected chi connectivity index (χ1v) is 9.73. The highest BCUT2D eigenvalue weighted by molar-refractivity contribution is 7.15. The van der Waals surface area contributed by atoms with Gasteiger partial charge in [-0.1, -0.05) is 29.5 Å². The smallest absolute Gasteiger partial charge is 0.308 e. The standard InChI is InChI=1S/C21H17N3O5S/c1-12(25)29-15-7-5-4-6-14(15)19-22-21-24(23-19)20(26)18(30-21)11-13-8-9-16(27-2)17(10-13)28-3/h4-11H,1-3H3/b18-11+. The molecule has 0 radical (unpaired) electrons. The summed E-state index contributed by atoms with van der Waals surface area (Å²) in [5, 5.41) is 4.32. The third kappa shape index (κ3) is 3.62. The quantitative estimate of drug-likeness (QED) is 0.359. The molecule has 4 aromatic rings. The average molecular weight is 423 g/mol. The van der Waals surface area contributed by atoms with Crippen molar-refractivity contribution >= 4 is 28.3 Å².